The lowest BCUT2D eigenvalue weighted by Gasteiger charge is -2.27. The zero-order valence-corrected chi connectivity index (χ0v) is 23.0. The topological polar surface area (TPSA) is 119 Å². The van der Waals surface area contributed by atoms with Crippen molar-refractivity contribution in [1.29, 1.82) is 0 Å². The van der Waals surface area contributed by atoms with E-state index >= 15 is 0 Å². The molecule has 2 fully saturated rings. The number of hydrogen-bond donors (Lipinski definition) is 2. The lowest BCUT2D eigenvalue weighted by Crippen LogP contribution is -2.54. The van der Waals surface area contributed by atoms with Gasteiger partial charge in [-0.3, -0.25) is 34.2 Å². The zero-order chi connectivity index (χ0) is 27.8. The van der Waals surface area contributed by atoms with Gasteiger partial charge in [0.1, 0.15) is 6.04 Å². The molecule has 4 rings (SSSR count). The number of likely N-dealkylation sites (tertiary alicyclic amines) is 1. The molecule has 5 amide bonds. The molecule has 1 atom stereocenters. The Balaban J connectivity index is 1.13. The molecule has 212 valence electrons. The number of unbranched alkanes of at least 4 members (excludes halogenated alkanes) is 3. The Morgan fingerprint density at radius 2 is 1.72 bits per heavy atom. The largest absolute Gasteiger partial charge is 0.384 e. The second kappa shape index (κ2) is 13.7. The summed E-state index contributed by atoms with van der Waals surface area (Å²) >= 11 is 0. The molecule has 2 saturated heterocycles. The van der Waals surface area contributed by atoms with Crippen LogP contribution in [0.3, 0.4) is 0 Å². The number of imide groups is 2. The van der Waals surface area contributed by atoms with Crippen LogP contribution in [0, 0.1) is 0 Å². The Kier molecular flexibility index (Phi) is 10.1. The number of carbonyl (C=O) groups is 5. The molecule has 3 aliphatic heterocycles. The third-order valence-corrected chi connectivity index (χ3v) is 7.89. The van der Waals surface area contributed by atoms with Crippen molar-refractivity contribution < 1.29 is 24.0 Å². The standard InChI is InChI=1S/C29H41N5O5/c1-32(18-10-13-25(36)33-19-7-4-8-20-33)17-6-3-2-5-16-30-22-12-9-11-21-26(22)29(39)34(28(21)38)23-14-15-24(35)31-27(23)37/h9,11-12,23,30H,2-8,10,13-20H2,1H3,(H,31,35,37). The van der Waals surface area contributed by atoms with Crippen molar-refractivity contribution in [3.8, 4) is 0 Å². The summed E-state index contributed by atoms with van der Waals surface area (Å²) in [7, 11) is 2.11. The fourth-order valence-corrected chi connectivity index (χ4v) is 5.66. The molecule has 3 heterocycles. The number of nitrogens with one attached hydrogen (secondary N) is 2. The predicted molar refractivity (Wildman–Crippen MR) is 147 cm³/mol. The van der Waals surface area contributed by atoms with Crippen LogP contribution in [0.15, 0.2) is 18.2 Å². The zero-order valence-electron chi connectivity index (χ0n) is 23.0. The first-order valence-corrected chi connectivity index (χ1v) is 14.4. The van der Waals surface area contributed by atoms with Gasteiger partial charge in [0.2, 0.25) is 17.7 Å². The van der Waals surface area contributed by atoms with Crippen LogP contribution in [0.5, 0.6) is 0 Å². The van der Waals surface area contributed by atoms with Crippen LogP contribution in [-0.4, -0.2) is 90.0 Å². The smallest absolute Gasteiger partial charge is 0.264 e. The van der Waals surface area contributed by atoms with Gasteiger partial charge in [-0.25, -0.2) is 0 Å². The van der Waals surface area contributed by atoms with Crippen LogP contribution >= 0.6 is 0 Å². The molecule has 0 spiro atoms. The molecule has 1 unspecified atom stereocenters. The monoisotopic (exact) mass is 539 g/mol. The maximum atomic E-state index is 13.2. The minimum atomic E-state index is -0.962. The fourth-order valence-electron chi connectivity index (χ4n) is 5.66. The van der Waals surface area contributed by atoms with Crippen molar-refractivity contribution in [2.45, 2.75) is 76.7 Å². The summed E-state index contributed by atoms with van der Waals surface area (Å²) in [5, 5.41) is 5.53. The van der Waals surface area contributed by atoms with Crippen molar-refractivity contribution in [2.24, 2.45) is 0 Å². The van der Waals surface area contributed by atoms with Crippen LogP contribution in [0.2, 0.25) is 0 Å². The summed E-state index contributed by atoms with van der Waals surface area (Å²) in [5.41, 5.74) is 1.18. The predicted octanol–water partition coefficient (Wildman–Crippen LogP) is 2.78. The molecule has 2 N–H and O–H groups in total. The number of piperidine rings is 2. The van der Waals surface area contributed by atoms with E-state index in [1.807, 2.05) is 4.90 Å². The molecular weight excluding hydrogens is 498 g/mol. The average molecular weight is 540 g/mol. The van der Waals surface area contributed by atoms with Crippen LogP contribution in [0.4, 0.5) is 5.69 Å². The maximum Gasteiger partial charge on any atom is 0.264 e. The molecule has 0 aromatic heterocycles. The lowest BCUT2D eigenvalue weighted by atomic mass is 10.0. The highest BCUT2D eigenvalue weighted by atomic mass is 16.2. The third kappa shape index (κ3) is 7.23. The van der Waals surface area contributed by atoms with Crippen LogP contribution in [0.1, 0.15) is 91.3 Å². The number of benzene rings is 1. The highest BCUT2D eigenvalue weighted by molar-refractivity contribution is 6.25. The summed E-state index contributed by atoms with van der Waals surface area (Å²) in [4.78, 5) is 67.5. The fraction of sp³-hybridized carbons (Fsp3) is 0.621. The quantitative estimate of drug-likeness (QED) is 0.292. The average Bonchev–Trinajstić information content (AvgIpc) is 3.18. The van der Waals surface area contributed by atoms with Crippen molar-refractivity contribution in [3.05, 3.63) is 29.3 Å². The summed E-state index contributed by atoms with van der Waals surface area (Å²) in [5.74, 6) is -1.68. The minimum absolute atomic E-state index is 0.100. The maximum absolute atomic E-state index is 13.2. The van der Waals surface area contributed by atoms with E-state index in [9.17, 15) is 24.0 Å². The van der Waals surface area contributed by atoms with Gasteiger partial charge in [-0.1, -0.05) is 18.9 Å². The van der Waals surface area contributed by atoms with Crippen molar-refractivity contribution in [3.63, 3.8) is 0 Å². The van der Waals surface area contributed by atoms with Gasteiger partial charge in [-0.2, -0.15) is 0 Å². The van der Waals surface area contributed by atoms with E-state index in [1.165, 1.54) is 6.42 Å². The van der Waals surface area contributed by atoms with Crippen LogP contribution in [-0.2, 0) is 14.4 Å². The molecule has 10 nitrogen and oxygen atoms in total. The van der Waals surface area contributed by atoms with E-state index in [0.717, 1.165) is 76.0 Å². The normalized spacial score (nSPS) is 19.5. The summed E-state index contributed by atoms with van der Waals surface area (Å²) < 4.78 is 0. The second-order valence-corrected chi connectivity index (χ2v) is 10.9. The molecule has 0 aliphatic carbocycles. The highest BCUT2D eigenvalue weighted by Crippen LogP contribution is 2.32. The summed E-state index contributed by atoms with van der Waals surface area (Å²) in [6.45, 7) is 4.45. The Labute approximate surface area is 230 Å². The summed E-state index contributed by atoms with van der Waals surface area (Å²) in [6.07, 6.45) is 9.44. The number of nitrogens with zero attached hydrogens (tertiary/aromatic N) is 3. The van der Waals surface area contributed by atoms with E-state index in [4.69, 9.17) is 0 Å². The van der Waals surface area contributed by atoms with Gasteiger partial charge in [0.15, 0.2) is 0 Å². The van der Waals surface area contributed by atoms with E-state index < -0.39 is 23.8 Å². The molecule has 39 heavy (non-hydrogen) atoms. The number of carbonyl (C=O) groups excluding carboxylic acids is 5. The van der Waals surface area contributed by atoms with Gasteiger partial charge < -0.3 is 15.1 Å². The van der Waals surface area contributed by atoms with Gasteiger partial charge in [-0.05, 0) is 77.2 Å². The molecule has 0 saturated carbocycles. The Bertz CT molecular complexity index is 1080. The number of rotatable bonds is 13. The number of fused-ring (bicyclic) bond motifs is 1. The van der Waals surface area contributed by atoms with Gasteiger partial charge in [0.05, 0.1) is 11.1 Å². The second-order valence-electron chi connectivity index (χ2n) is 10.9. The van der Waals surface area contributed by atoms with Gasteiger partial charge in [0, 0.05) is 38.2 Å². The Hall–Kier alpha value is -3.27. The van der Waals surface area contributed by atoms with E-state index in [-0.39, 0.29) is 24.3 Å². The van der Waals surface area contributed by atoms with E-state index in [2.05, 4.69) is 22.6 Å². The van der Waals surface area contributed by atoms with Gasteiger partial charge >= 0.3 is 0 Å². The van der Waals surface area contributed by atoms with Crippen LogP contribution in [0.25, 0.3) is 0 Å². The SMILES string of the molecule is CN(CCCCCCNc1cccc2c1C(=O)N(C1CCC(=O)NC1=O)C2=O)CCCC(=O)N1CCCCC1. The molecule has 0 radical (unpaired) electrons. The Morgan fingerprint density at radius 1 is 0.974 bits per heavy atom. The molecule has 3 aliphatic rings. The molecule has 1 aromatic carbocycles. The van der Waals surface area contributed by atoms with E-state index in [0.29, 0.717) is 30.1 Å². The van der Waals surface area contributed by atoms with Crippen molar-refractivity contribution in [2.75, 3.05) is 45.1 Å². The first-order chi connectivity index (χ1) is 18.9. The molecule has 0 bridgehead atoms. The highest BCUT2D eigenvalue weighted by Gasteiger charge is 2.45. The third-order valence-electron chi connectivity index (χ3n) is 7.89. The number of anilines is 1. The minimum Gasteiger partial charge on any atom is -0.384 e. The van der Waals surface area contributed by atoms with Gasteiger partial charge in [-0.15, -0.1) is 0 Å². The first-order valence-electron chi connectivity index (χ1n) is 14.4. The van der Waals surface area contributed by atoms with Crippen molar-refractivity contribution >= 4 is 35.2 Å². The lowest BCUT2D eigenvalue weighted by molar-refractivity contribution is -0.136. The van der Waals surface area contributed by atoms with Crippen molar-refractivity contribution in [1.82, 2.24) is 20.0 Å². The molecule has 10 heteroatoms. The van der Waals surface area contributed by atoms with Crippen LogP contribution < -0.4 is 10.6 Å². The first kappa shape index (κ1) is 28.7. The van der Waals surface area contributed by atoms with Gasteiger partial charge in [0.25, 0.3) is 11.8 Å². The van der Waals surface area contributed by atoms with E-state index in [1.54, 1.807) is 18.2 Å². The number of amides is 5. The number of hydrogen-bond acceptors (Lipinski definition) is 7. The summed E-state index contributed by atoms with van der Waals surface area (Å²) in [6, 6.07) is 4.16. The molecular formula is C29H41N5O5. The molecule has 1 aromatic rings. The Morgan fingerprint density at radius 3 is 2.49 bits per heavy atom.